The summed E-state index contributed by atoms with van der Waals surface area (Å²) in [6.45, 7) is 7.05. The fourth-order valence-electron chi connectivity index (χ4n) is 3.73. The van der Waals surface area contributed by atoms with Gasteiger partial charge in [0.2, 0.25) is 0 Å². The van der Waals surface area contributed by atoms with Crippen LogP contribution in [0.4, 0.5) is 0 Å². The Hall–Kier alpha value is -3.09. The van der Waals surface area contributed by atoms with Crippen LogP contribution < -0.4 is 0 Å². The number of amides is 1. The highest BCUT2D eigenvalue weighted by atomic mass is 16.5. The van der Waals surface area contributed by atoms with Crippen LogP contribution >= 0.6 is 0 Å². The predicted molar refractivity (Wildman–Crippen MR) is 104 cm³/mol. The van der Waals surface area contributed by atoms with E-state index in [0.717, 1.165) is 41.2 Å². The number of rotatable bonds is 3. The Kier molecular flexibility index (Phi) is 4.90. The zero-order valence-corrected chi connectivity index (χ0v) is 16.3. The van der Waals surface area contributed by atoms with Crippen LogP contribution in [0.3, 0.4) is 0 Å². The topological polar surface area (TPSA) is 85.0 Å². The smallest absolute Gasteiger partial charge is 0.256 e. The highest BCUT2D eigenvalue weighted by molar-refractivity contribution is 5.93. The summed E-state index contributed by atoms with van der Waals surface area (Å²) in [6.07, 6.45) is 4.98. The summed E-state index contributed by atoms with van der Waals surface area (Å²) in [5, 5.41) is 4.03. The Labute approximate surface area is 163 Å². The van der Waals surface area contributed by atoms with Gasteiger partial charge in [0.25, 0.3) is 5.91 Å². The van der Waals surface area contributed by atoms with Gasteiger partial charge in [0.1, 0.15) is 11.6 Å². The molecular weight excluding hydrogens is 354 g/mol. The molecule has 1 aliphatic heterocycles. The minimum absolute atomic E-state index is 0.00381. The summed E-state index contributed by atoms with van der Waals surface area (Å²) in [5.41, 5.74) is 4.31. The fraction of sp³-hybridized carbons (Fsp3) is 0.381. The molecule has 7 nitrogen and oxygen atoms in total. The van der Waals surface area contributed by atoms with E-state index in [2.05, 4.69) is 21.2 Å². The van der Waals surface area contributed by atoms with Crippen molar-refractivity contribution in [3.63, 3.8) is 0 Å². The molecule has 3 aromatic rings. The molecule has 0 spiro atoms. The third-order valence-electron chi connectivity index (χ3n) is 5.29. The van der Waals surface area contributed by atoms with E-state index in [0.29, 0.717) is 30.4 Å². The van der Waals surface area contributed by atoms with Crippen molar-refractivity contribution in [2.24, 2.45) is 0 Å². The van der Waals surface area contributed by atoms with Gasteiger partial charge < -0.3 is 9.42 Å². The molecule has 0 N–H and O–H groups in total. The standard InChI is InChI=1S/C21H23N5O2/c1-13-20(14(2)28-25-13)19-6-4-5-18(24-19)16-7-9-26(10-8-16)21(27)17-11-22-15(3)23-12-17/h4-6,11-12,16H,7-10H2,1-3H3. The summed E-state index contributed by atoms with van der Waals surface area (Å²) in [5.74, 6) is 1.78. The summed E-state index contributed by atoms with van der Waals surface area (Å²) in [7, 11) is 0. The Morgan fingerprint density at radius 1 is 1.11 bits per heavy atom. The van der Waals surface area contributed by atoms with Gasteiger partial charge in [-0.2, -0.15) is 0 Å². The van der Waals surface area contributed by atoms with Crippen molar-refractivity contribution >= 4 is 5.91 Å². The summed E-state index contributed by atoms with van der Waals surface area (Å²) in [4.78, 5) is 27.7. The largest absolute Gasteiger partial charge is 0.361 e. The molecule has 1 fully saturated rings. The minimum Gasteiger partial charge on any atom is -0.361 e. The van der Waals surface area contributed by atoms with Crippen LogP contribution in [0.1, 0.15) is 52.1 Å². The SMILES string of the molecule is Cc1ncc(C(=O)N2CCC(c3cccc(-c4c(C)noc4C)n3)CC2)cn1. The first-order valence-corrected chi connectivity index (χ1v) is 9.51. The van der Waals surface area contributed by atoms with Crippen LogP contribution in [0.2, 0.25) is 0 Å². The van der Waals surface area contributed by atoms with E-state index in [-0.39, 0.29) is 5.91 Å². The summed E-state index contributed by atoms with van der Waals surface area (Å²) >= 11 is 0. The number of hydrogen-bond acceptors (Lipinski definition) is 6. The molecule has 1 saturated heterocycles. The van der Waals surface area contributed by atoms with E-state index < -0.39 is 0 Å². The van der Waals surface area contributed by atoms with Gasteiger partial charge in [0, 0.05) is 37.1 Å². The maximum Gasteiger partial charge on any atom is 0.256 e. The quantitative estimate of drug-likeness (QED) is 0.695. The maximum atomic E-state index is 12.7. The number of piperidine rings is 1. The maximum absolute atomic E-state index is 12.7. The van der Waals surface area contributed by atoms with E-state index in [4.69, 9.17) is 9.51 Å². The Morgan fingerprint density at radius 3 is 2.46 bits per heavy atom. The number of carbonyl (C=O) groups excluding carboxylic acids is 1. The second-order valence-corrected chi connectivity index (χ2v) is 7.23. The second kappa shape index (κ2) is 7.50. The van der Waals surface area contributed by atoms with E-state index in [9.17, 15) is 4.79 Å². The zero-order valence-electron chi connectivity index (χ0n) is 16.3. The lowest BCUT2D eigenvalue weighted by molar-refractivity contribution is 0.0711. The monoisotopic (exact) mass is 377 g/mol. The zero-order chi connectivity index (χ0) is 19.7. The Balaban J connectivity index is 1.46. The first-order valence-electron chi connectivity index (χ1n) is 9.51. The molecule has 0 saturated carbocycles. The number of nitrogens with zero attached hydrogens (tertiary/aromatic N) is 5. The number of pyridine rings is 1. The predicted octanol–water partition coefficient (Wildman–Crippen LogP) is 3.47. The summed E-state index contributed by atoms with van der Waals surface area (Å²) < 4.78 is 5.28. The van der Waals surface area contributed by atoms with E-state index in [1.54, 1.807) is 12.4 Å². The average Bonchev–Trinajstić information content (AvgIpc) is 3.06. The number of aryl methyl sites for hydroxylation is 3. The van der Waals surface area contributed by atoms with Crippen LogP contribution in [0.5, 0.6) is 0 Å². The molecular formula is C21H23N5O2. The van der Waals surface area contributed by atoms with Crippen molar-refractivity contribution in [3.05, 3.63) is 59.1 Å². The van der Waals surface area contributed by atoms with Crippen LogP contribution in [0, 0.1) is 20.8 Å². The molecule has 4 heterocycles. The van der Waals surface area contributed by atoms with E-state index >= 15 is 0 Å². The van der Waals surface area contributed by atoms with Crippen LogP contribution in [0.25, 0.3) is 11.3 Å². The van der Waals surface area contributed by atoms with Gasteiger partial charge in [-0.25, -0.2) is 9.97 Å². The molecule has 0 bridgehead atoms. The van der Waals surface area contributed by atoms with Gasteiger partial charge in [-0.05, 0) is 45.7 Å². The van der Waals surface area contributed by atoms with Gasteiger partial charge in [-0.15, -0.1) is 0 Å². The van der Waals surface area contributed by atoms with Gasteiger partial charge in [-0.1, -0.05) is 11.2 Å². The van der Waals surface area contributed by atoms with Gasteiger partial charge in [0.15, 0.2) is 0 Å². The molecule has 0 atom stereocenters. The lowest BCUT2D eigenvalue weighted by atomic mass is 9.92. The van der Waals surface area contributed by atoms with Gasteiger partial charge in [-0.3, -0.25) is 9.78 Å². The van der Waals surface area contributed by atoms with Gasteiger partial charge >= 0.3 is 0 Å². The minimum atomic E-state index is -0.00381. The molecule has 0 aliphatic carbocycles. The highest BCUT2D eigenvalue weighted by Crippen LogP contribution is 2.31. The van der Waals surface area contributed by atoms with E-state index in [1.165, 1.54) is 0 Å². The van der Waals surface area contributed by atoms with Crippen molar-refractivity contribution < 1.29 is 9.32 Å². The van der Waals surface area contributed by atoms with E-state index in [1.807, 2.05) is 37.8 Å². The normalized spacial score (nSPS) is 15.0. The Morgan fingerprint density at radius 2 is 1.82 bits per heavy atom. The van der Waals surface area contributed by atoms with Crippen molar-refractivity contribution in [2.75, 3.05) is 13.1 Å². The molecule has 0 unspecified atom stereocenters. The van der Waals surface area contributed by atoms with Crippen molar-refractivity contribution in [1.82, 2.24) is 25.0 Å². The first-order chi connectivity index (χ1) is 13.5. The average molecular weight is 377 g/mol. The van der Waals surface area contributed by atoms with Crippen LogP contribution in [0.15, 0.2) is 35.1 Å². The van der Waals surface area contributed by atoms with Crippen molar-refractivity contribution in [2.45, 2.75) is 39.5 Å². The third-order valence-corrected chi connectivity index (χ3v) is 5.29. The molecule has 1 amide bonds. The van der Waals surface area contributed by atoms with Crippen molar-refractivity contribution in [1.29, 1.82) is 0 Å². The fourth-order valence-corrected chi connectivity index (χ4v) is 3.73. The summed E-state index contributed by atoms with van der Waals surface area (Å²) in [6, 6.07) is 6.09. The van der Waals surface area contributed by atoms with Gasteiger partial charge in [0.05, 0.1) is 22.5 Å². The Bertz CT molecular complexity index is 969. The molecule has 1 aliphatic rings. The first kappa shape index (κ1) is 18.3. The number of carbonyl (C=O) groups is 1. The lowest BCUT2D eigenvalue weighted by Gasteiger charge is -2.31. The third kappa shape index (κ3) is 3.52. The number of likely N-dealkylation sites (tertiary alicyclic amines) is 1. The molecule has 7 heteroatoms. The lowest BCUT2D eigenvalue weighted by Crippen LogP contribution is -2.38. The molecule has 4 rings (SSSR count). The molecule has 3 aromatic heterocycles. The molecule has 0 aromatic carbocycles. The highest BCUT2D eigenvalue weighted by Gasteiger charge is 2.26. The van der Waals surface area contributed by atoms with Crippen molar-refractivity contribution in [3.8, 4) is 11.3 Å². The number of aromatic nitrogens is 4. The molecule has 0 radical (unpaired) electrons. The van der Waals surface area contributed by atoms with Crippen LogP contribution in [-0.2, 0) is 0 Å². The molecule has 144 valence electrons. The van der Waals surface area contributed by atoms with Crippen LogP contribution in [-0.4, -0.2) is 44.0 Å². The molecule has 28 heavy (non-hydrogen) atoms. The second-order valence-electron chi connectivity index (χ2n) is 7.23. The number of hydrogen-bond donors (Lipinski definition) is 0.